The van der Waals surface area contributed by atoms with E-state index in [9.17, 15) is 19.7 Å². The van der Waals surface area contributed by atoms with E-state index < -0.39 is 64.0 Å². The van der Waals surface area contributed by atoms with Crippen molar-refractivity contribution in [2.24, 2.45) is 11.8 Å². The second-order valence-corrected chi connectivity index (χ2v) is 24.8. The first-order valence-electron chi connectivity index (χ1n) is 21.8. The van der Waals surface area contributed by atoms with Gasteiger partial charge in [0.25, 0.3) is 14.1 Å². The molecule has 0 spiro atoms. The Bertz CT molecular complexity index is 2490. The fourth-order valence-corrected chi connectivity index (χ4v) is 11.3. The first kappa shape index (κ1) is 50.0. The molecule has 65 heavy (non-hydrogen) atoms. The lowest BCUT2D eigenvalue weighted by Crippen LogP contribution is -2.51. The van der Waals surface area contributed by atoms with Gasteiger partial charge in [0.05, 0.1) is 62.5 Å². The molecule has 4 aromatic carbocycles. The number of aromatic amines is 1. The first-order valence-corrected chi connectivity index (χ1v) is 26.3. The van der Waals surface area contributed by atoms with Crippen molar-refractivity contribution in [2.75, 3.05) is 27.4 Å². The van der Waals surface area contributed by atoms with Crippen molar-refractivity contribution in [1.29, 1.82) is 5.26 Å². The van der Waals surface area contributed by atoms with Crippen LogP contribution >= 0.6 is 20.1 Å². The number of H-pyrrole nitrogens is 1. The molecule has 1 fully saturated rings. The second kappa shape index (κ2) is 20.6. The highest BCUT2D eigenvalue weighted by atomic mass is 35.5. The number of hydrogen-bond acceptors (Lipinski definition) is 11. The lowest BCUT2D eigenvalue weighted by molar-refractivity contribution is -0.0447. The number of hydrogen-bond donors (Lipinski definition) is 2. The molecule has 1 saturated heterocycles. The molecule has 16 heteroatoms. The van der Waals surface area contributed by atoms with Crippen LogP contribution in [-0.4, -0.2) is 79.2 Å². The Kier molecular flexibility index (Phi) is 15.9. The SMILES string of the molecule is COc1ccc(C(OC[C@@H](C#N)C(OP(O)N(C(C)C)C(C)C)[C@@H]2CO[C@@H](n3c(=O)[nH]c(=O)c4ccc(Cl)cc43)[C@@H]2O[Si](C)(C)C(C)(C)C)(c2ccccc2)c2ccc(OC)cc2)cc1. The van der Waals surface area contributed by atoms with Gasteiger partial charge in [-0.05, 0) is 105 Å². The molecule has 348 valence electrons. The van der Waals surface area contributed by atoms with Gasteiger partial charge in [0.1, 0.15) is 17.1 Å². The normalized spacial score (nSPS) is 18.5. The number of halogens is 1. The van der Waals surface area contributed by atoms with Crippen LogP contribution in [0.15, 0.2) is 107 Å². The van der Waals surface area contributed by atoms with Crippen LogP contribution in [-0.2, 0) is 24.0 Å². The summed E-state index contributed by atoms with van der Waals surface area (Å²) >= 11 is 6.51. The van der Waals surface area contributed by atoms with Gasteiger partial charge in [0.15, 0.2) is 14.5 Å². The van der Waals surface area contributed by atoms with Gasteiger partial charge >= 0.3 is 5.69 Å². The van der Waals surface area contributed by atoms with E-state index in [1.54, 1.807) is 32.4 Å². The molecule has 6 atom stereocenters. The molecule has 2 heterocycles. The molecule has 0 aliphatic carbocycles. The fraction of sp³-hybridized carbons (Fsp3) is 0.449. The Hall–Kier alpha value is -4.39. The van der Waals surface area contributed by atoms with Crippen LogP contribution in [0.5, 0.6) is 11.5 Å². The van der Waals surface area contributed by atoms with E-state index in [0.29, 0.717) is 16.5 Å². The van der Waals surface area contributed by atoms with Crippen molar-refractivity contribution in [3.8, 4) is 17.6 Å². The smallest absolute Gasteiger partial charge is 0.331 e. The lowest BCUT2D eigenvalue weighted by atomic mass is 9.79. The molecule has 13 nitrogen and oxygen atoms in total. The van der Waals surface area contributed by atoms with Gasteiger partial charge in [-0.3, -0.25) is 14.3 Å². The molecule has 2 N–H and O–H groups in total. The number of ether oxygens (including phenoxy) is 4. The number of nitriles is 1. The van der Waals surface area contributed by atoms with Crippen LogP contribution in [0.1, 0.15) is 71.4 Å². The molecule has 5 aromatic rings. The van der Waals surface area contributed by atoms with Gasteiger partial charge < -0.3 is 32.8 Å². The van der Waals surface area contributed by atoms with E-state index >= 15 is 0 Å². The van der Waals surface area contributed by atoms with E-state index in [-0.39, 0.29) is 41.2 Å². The zero-order valence-corrected chi connectivity index (χ0v) is 41.7. The number of benzene rings is 4. The number of aromatic nitrogens is 2. The summed E-state index contributed by atoms with van der Waals surface area (Å²) in [7, 11) is -1.83. The van der Waals surface area contributed by atoms with Gasteiger partial charge in [-0.1, -0.05) is 87.0 Å². The first-order chi connectivity index (χ1) is 30.8. The van der Waals surface area contributed by atoms with Gasteiger partial charge in [-0.2, -0.15) is 5.26 Å². The third-order valence-electron chi connectivity index (χ3n) is 12.7. The molecule has 2 unspecified atom stereocenters. The summed E-state index contributed by atoms with van der Waals surface area (Å²) < 4.78 is 42.5. The second-order valence-electron chi connectivity index (χ2n) is 18.5. The summed E-state index contributed by atoms with van der Waals surface area (Å²) in [4.78, 5) is 41.8. The highest BCUT2D eigenvalue weighted by molar-refractivity contribution is 7.43. The Morgan fingerprint density at radius 3 is 1.97 bits per heavy atom. The van der Waals surface area contributed by atoms with Crippen LogP contribution in [0.2, 0.25) is 23.2 Å². The summed E-state index contributed by atoms with van der Waals surface area (Å²) in [5.41, 5.74) is 0.0420. The van der Waals surface area contributed by atoms with E-state index in [1.807, 2.05) is 111 Å². The zero-order chi connectivity index (χ0) is 47.4. The molecule has 1 aromatic heterocycles. The monoisotopic (exact) mass is 944 g/mol. The molecule has 6 rings (SSSR count). The van der Waals surface area contributed by atoms with Crippen LogP contribution in [0.25, 0.3) is 10.9 Å². The highest BCUT2D eigenvalue weighted by Gasteiger charge is 2.53. The minimum Gasteiger partial charge on any atom is -0.497 e. The van der Waals surface area contributed by atoms with Crippen LogP contribution in [0.3, 0.4) is 0 Å². The van der Waals surface area contributed by atoms with E-state index in [0.717, 1.165) is 16.7 Å². The summed E-state index contributed by atoms with van der Waals surface area (Å²) in [6.45, 7) is 18.2. The maximum absolute atomic E-state index is 14.0. The van der Waals surface area contributed by atoms with E-state index in [4.69, 9.17) is 39.5 Å². The Morgan fingerprint density at radius 2 is 1.46 bits per heavy atom. The maximum Gasteiger partial charge on any atom is 0.331 e. The Balaban J connectivity index is 1.55. The van der Waals surface area contributed by atoms with Crippen LogP contribution < -0.4 is 20.7 Å². The molecule has 1 aliphatic rings. The highest BCUT2D eigenvalue weighted by Crippen LogP contribution is 2.50. The molecule has 0 amide bonds. The Morgan fingerprint density at radius 1 is 0.908 bits per heavy atom. The van der Waals surface area contributed by atoms with Crippen molar-refractivity contribution in [1.82, 2.24) is 14.2 Å². The fourth-order valence-electron chi connectivity index (χ4n) is 8.36. The topological polar surface area (TPSA) is 157 Å². The van der Waals surface area contributed by atoms with Crippen LogP contribution in [0.4, 0.5) is 0 Å². The summed E-state index contributed by atoms with van der Waals surface area (Å²) in [6, 6.07) is 32.0. The summed E-state index contributed by atoms with van der Waals surface area (Å²) in [5, 5.41) is 11.7. The predicted molar refractivity (Wildman–Crippen MR) is 258 cm³/mol. The average molecular weight is 946 g/mol. The quantitative estimate of drug-likeness (QED) is 0.0490. The molecular weight excluding hydrogens is 883 g/mol. The standard InChI is InChI=1S/C49H62ClN4O9PSi/c1-31(2)54(32(3)4)64(57)62-43(41-30-60-46(44(41)63-65(10,11)48(5,6)7)53-42-27-37(50)21-26-40(42)45(55)52-47(53)56)33(28-51)29-61-49(34-15-13-12-14-16-34,35-17-22-38(58-8)23-18-35)36-19-24-39(59-9)25-20-36/h12-27,31-33,41,43-44,46,57H,29-30H2,1-11H3,(H,52,55,56)/t33-,41+,43?,44-,46-,64?/m1/s1. The van der Waals surface area contributed by atoms with E-state index in [2.05, 4.69) is 44.9 Å². The molecular formula is C49H62ClN4O9PSi. The zero-order valence-electron chi connectivity index (χ0n) is 39.1. The van der Waals surface area contributed by atoms with Crippen LogP contribution in [0, 0.1) is 23.2 Å². The van der Waals surface area contributed by atoms with Gasteiger partial charge in [0.2, 0.25) is 0 Å². The predicted octanol–water partition coefficient (Wildman–Crippen LogP) is 9.77. The largest absolute Gasteiger partial charge is 0.497 e. The number of rotatable bonds is 18. The van der Waals surface area contributed by atoms with Crippen molar-refractivity contribution in [3.05, 3.63) is 140 Å². The average Bonchev–Trinajstić information content (AvgIpc) is 3.65. The van der Waals surface area contributed by atoms with Crippen molar-refractivity contribution in [3.63, 3.8) is 0 Å². The maximum atomic E-state index is 14.0. The number of nitrogens with one attached hydrogen (secondary N) is 1. The summed E-state index contributed by atoms with van der Waals surface area (Å²) in [6.07, 6.45) is -3.09. The van der Waals surface area contributed by atoms with Crippen molar-refractivity contribution >= 4 is 39.3 Å². The minimum absolute atomic E-state index is 0.0340. The Labute approximate surface area is 389 Å². The summed E-state index contributed by atoms with van der Waals surface area (Å²) in [5.74, 6) is -0.485. The number of nitrogens with zero attached hydrogens (tertiary/aromatic N) is 3. The number of fused-ring (bicyclic) bond motifs is 1. The number of methoxy groups -OCH3 is 2. The molecule has 0 saturated carbocycles. The lowest BCUT2D eigenvalue weighted by Gasteiger charge is -2.43. The van der Waals surface area contributed by atoms with E-state index in [1.165, 1.54) is 4.57 Å². The van der Waals surface area contributed by atoms with Gasteiger partial charge in [0, 0.05) is 23.0 Å². The van der Waals surface area contributed by atoms with Crippen molar-refractivity contribution < 1.29 is 32.8 Å². The molecule has 0 radical (unpaired) electrons. The minimum atomic E-state index is -2.73. The third kappa shape index (κ3) is 10.4. The van der Waals surface area contributed by atoms with Gasteiger partial charge in [-0.25, -0.2) is 9.46 Å². The molecule has 1 aliphatic heterocycles. The van der Waals surface area contributed by atoms with Gasteiger partial charge in [-0.15, -0.1) is 0 Å². The van der Waals surface area contributed by atoms with Crippen molar-refractivity contribution in [2.45, 2.75) is 103 Å². The third-order valence-corrected chi connectivity index (χ3v) is 19.1. The molecule has 0 bridgehead atoms.